The zero-order valence-electron chi connectivity index (χ0n) is 13.1. The van der Waals surface area contributed by atoms with Gasteiger partial charge in [0.05, 0.1) is 12.2 Å². The van der Waals surface area contributed by atoms with Crippen LogP contribution in [0.1, 0.15) is 24.6 Å². The van der Waals surface area contributed by atoms with E-state index in [1.54, 1.807) is 24.5 Å². The van der Waals surface area contributed by atoms with E-state index < -0.39 is 0 Å². The first-order valence-electron chi connectivity index (χ1n) is 7.97. The molecule has 4 rings (SSSR count). The summed E-state index contributed by atoms with van der Waals surface area (Å²) in [5, 5.41) is 17.5. The highest BCUT2D eigenvalue weighted by atomic mass is 16.4. The number of nitrogens with zero attached hydrogens (tertiary/aromatic N) is 6. The van der Waals surface area contributed by atoms with Crippen LogP contribution in [0.25, 0.3) is 11.5 Å². The Hall–Kier alpha value is -2.74. The summed E-state index contributed by atoms with van der Waals surface area (Å²) in [6.45, 7) is 1.62. The van der Waals surface area contributed by atoms with Crippen LogP contribution in [0.2, 0.25) is 0 Å². The zero-order chi connectivity index (χ0) is 16.4. The predicted octanol–water partition coefficient (Wildman–Crippen LogP) is 1.66. The number of piperidine rings is 1. The highest BCUT2D eigenvalue weighted by Gasteiger charge is 2.24. The maximum absolute atomic E-state index is 9.09. The van der Waals surface area contributed by atoms with Gasteiger partial charge in [0.2, 0.25) is 5.95 Å². The van der Waals surface area contributed by atoms with Crippen LogP contribution in [-0.2, 0) is 6.61 Å². The summed E-state index contributed by atoms with van der Waals surface area (Å²) >= 11 is 0. The fourth-order valence-electron chi connectivity index (χ4n) is 2.98. The summed E-state index contributed by atoms with van der Waals surface area (Å²) in [5.74, 6) is 1.88. The minimum atomic E-state index is -0.122. The van der Waals surface area contributed by atoms with E-state index in [4.69, 9.17) is 9.52 Å². The van der Waals surface area contributed by atoms with Gasteiger partial charge in [-0.3, -0.25) is 0 Å². The molecule has 0 saturated carbocycles. The molecule has 0 bridgehead atoms. The van der Waals surface area contributed by atoms with Crippen LogP contribution in [0.3, 0.4) is 0 Å². The highest BCUT2D eigenvalue weighted by Crippen LogP contribution is 2.26. The molecule has 1 atom stereocenters. The van der Waals surface area contributed by atoms with Crippen molar-refractivity contribution in [2.24, 2.45) is 0 Å². The lowest BCUT2D eigenvalue weighted by molar-refractivity contribution is 0.248. The molecule has 1 fully saturated rings. The van der Waals surface area contributed by atoms with Crippen molar-refractivity contribution in [1.82, 2.24) is 25.0 Å². The molecule has 3 aromatic heterocycles. The molecule has 1 aliphatic heterocycles. The SMILES string of the molecule is OCc1ccc(-c2cn([C@@H]3CCCN(c4ncccn4)C3)nn2)o1. The Balaban J connectivity index is 1.51. The lowest BCUT2D eigenvalue weighted by atomic mass is 10.1. The molecule has 0 spiro atoms. The van der Waals surface area contributed by atoms with Crippen LogP contribution >= 0.6 is 0 Å². The normalized spacial score (nSPS) is 18.0. The first-order valence-corrected chi connectivity index (χ1v) is 7.97. The molecule has 24 heavy (non-hydrogen) atoms. The van der Waals surface area contributed by atoms with Crippen molar-refractivity contribution in [2.75, 3.05) is 18.0 Å². The number of hydrogen-bond acceptors (Lipinski definition) is 7. The van der Waals surface area contributed by atoms with Gasteiger partial charge in [0.15, 0.2) is 5.76 Å². The van der Waals surface area contributed by atoms with Gasteiger partial charge in [-0.2, -0.15) is 0 Å². The van der Waals surface area contributed by atoms with Crippen molar-refractivity contribution in [3.63, 3.8) is 0 Å². The molecule has 0 amide bonds. The summed E-state index contributed by atoms with van der Waals surface area (Å²) in [7, 11) is 0. The summed E-state index contributed by atoms with van der Waals surface area (Å²) in [5.41, 5.74) is 0.669. The largest absolute Gasteiger partial charge is 0.457 e. The number of anilines is 1. The summed E-state index contributed by atoms with van der Waals surface area (Å²) in [6, 6.07) is 5.57. The lowest BCUT2D eigenvalue weighted by Crippen LogP contribution is -2.37. The monoisotopic (exact) mass is 326 g/mol. The van der Waals surface area contributed by atoms with Gasteiger partial charge in [-0.1, -0.05) is 5.21 Å². The molecule has 3 aromatic rings. The predicted molar refractivity (Wildman–Crippen MR) is 86.2 cm³/mol. The zero-order valence-corrected chi connectivity index (χ0v) is 13.1. The van der Waals surface area contributed by atoms with E-state index in [2.05, 4.69) is 25.2 Å². The molecule has 124 valence electrons. The molecule has 8 heteroatoms. The molecule has 0 aromatic carbocycles. The molecule has 1 saturated heterocycles. The van der Waals surface area contributed by atoms with Crippen molar-refractivity contribution < 1.29 is 9.52 Å². The van der Waals surface area contributed by atoms with E-state index in [9.17, 15) is 0 Å². The van der Waals surface area contributed by atoms with Crippen LogP contribution < -0.4 is 4.90 Å². The average Bonchev–Trinajstić information content (AvgIpc) is 3.32. The van der Waals surface area contributed by atoms with E-state index in [-0.39, 0.29) is 12.6 Å². The van der Waals surface area contributed by atoms with Gasteiger partial charge in [0.25, 0.3) is 0 Å². The first kappa shape index (κ1) is 14.8. The minimum absolute atomic E-state index is 0.122. The molecule has 0 unspecified atom stereocenters. The van der Waals surface area contributed by atoms with Crippen LogP contribution in [-0.4, -0.2) is 43.2 Å². The fourth-order valence-corrected chi connectivity index (χ4v) is 2.98. The molecular weight excluding hydrogens is 308 g/mol. The van der Waals surface area contributed by atoms with E-state index >= 15 is 0 Å². The van der Waals surface area contributed by atoms with Gasteiger partial charge in [0, 0.05) is 25.5 Å². The van der Waals surface area contributed by atoms with Gasteiger partial charge in [0.1, 0.15) is 18.1 Å². The van der Waals surface area contributed by atoms with Crippen molar-refractivity contribution in [2.45, 2.75) is 25.5 Å². The molecule has 4 heterocycles. The van der Waals surface area contributed by atoms with Gasteiger partial charge < -0.3 is 14.4 Å². The third-order valence-corrected chi connectivity index (χ3v) is 4.19. The van der Waals surface area contributed by atoms with Gasteiger partial charge in [-0.05, 0) is 31.0 Å². The van der Waals surface area contributed by atoms with Crippen molar-refractivity contribution in [1.29, 1.82) is 0 Å². The summed E-state index contributed by atoms with van der Waals surface area (Å²) in [6.07, 6.45) is 7.49. The summed E-state index contributed by atoms with van der Waals surface area (Å²) < 4.78 is 7.39. The van der Waals surface area contributed by atoms with Gasteiger partial charge in [-0.25, -0.2) is 14.6 Å². The summed E-state index contributed by atoms with van der Waals surface area (Å²) in [4.78, 5) is 10.8. The number of aliphatic hydroxyl groups excluding tert-OH is 1. The molecule has 8 nitrogen and oxygen atoms in total. The number of aromatic nitrogens is 5. The minimum Gasteiger partial charge on any atom is -0.457 e. The third-order valence-electron chi connectivity index (χ3n) is 4.19. The highest BCUT2D eigenvalue weighted by molar-refractivity contribution is 5.50. The number of rotatable bonds is 4. The maximum Gasteiger partial charge on any atom is 0.225 e. The van der Waals surface area contributed by atoms with E-state index in [0.29, 0.717) is 17.2 Å². The second kappa shape index (κ2) is 6.40. The Morgan fingerprint density at radius 3 is 2.92 bits per heavy atom. The molecule has 1 N–H and O–H groups in total. The average molecular weight is 326 g/mol. The van der Waals surface area contributed by atoms with Crippen molar-refractivity contribution in [3.05, 3.63) is 42.5 Å². The number of aliphatic hydroxyl groups is 1. The quantitative estimate of drug-likeness (QED) is 0.779. The van der Waals surface area contributed by atoms with E-state index in [1.165, 1.54) is 0 Å². The second-order valence-electron chi connectivity index (χ2n) is 5.80. The fraction of sp³-hybridized carbons (Fsp3) is 0.375. The Bertz CT molecular complexity index is 800. The first-order chi connectivity index (χ1) is 11.8. The van der Waals surface area contributed by atoms with Crippen molar-refractivity contribution in [3.8, 4) is 11.5 Å². The standard InChI is InChI=1S/C16H18N6O2/c23-11-13-4-5-15(24-13)14-10-22(20-19-14)12-3-1-8-21(9-12)16-17-6-2-7-18-16/h2,4-7,10,12,23H,1,3,8-9,11H2/t12-/m1/s1. The van der Waals surface area contributed by atoms with Crippen LogP contribution in [0, 0.1) is 0 Å². The molecule has 0 radical (unpaired) electrons. The molecular formula is C16H18N6O2. The van der Waals surface area contributed by atoms with Gasteiger partial charge in [-0.15, -0.1) is 5.10 Å². The lowest BCUT2D eigenvalue weighted by Gasteiger charge is -2.32. The Morgan fingerprint density at radius 1 is 1.25 bits per heavy atom. The molecule has 0 aliphatic carbocycles. The van der Waals surface area contributed by atoms with Gasteiger partial charge >= 0.3 is 0 Å². The van der Waals surface area contributed by atoms with E-state index in [1.807, 2.05) is 16.9 Å². The van der Waals surface area contributed by atoms with E-state index in [0.717, 1.165) is 31.9 Å². The van der Waals surface area contributed by atoms with Crippen LogP contribution in [0.15, 0.2) is 41.2 Å². The second-order valence-corrected chi connectivity index (χ2v) is 5.80. The topological polar surface area (TPSA) is 93.1 Å². The maximum atomic E-state index is 9.09. The van der Waals surface area contributed by atoms with Crippen molar-refractivity contribution >= 4 is 5.95 Å². The number of hydrogen-bond donors (Lipinski definition) is 1. The Labute approximate surface area is 138 Å². The number of furan rings is 1. The third kappa shape index (κ3) is 2.88. The smallest absolute Gasteiger partial charge is 0.225 e. The Morgan fingerprint density at radius 2 is 2.12 bits per heavy atom. The van der Waals surface area contributed by atoms with Crippen LogP contribution in [0.5, 0.6) is 0 Å². The van der Waals surface area contributed by atoms with Crippen LogP contribution in [0.4, 0.5) is 5.95 Å². The molecule has 1 aliphatic rings. The Kier molecular flexibility index (Phi) is 3.96.